The Balaban J connectivity index is 2.15. The predicted molar refractivity (Wildman–Crippen MR) is 81.0 cm³/mol. The van der Waals surface area contributed by atoms with Crippen molar-refractivity contribution in [2.24, 2.45) is 0 Å². The minimum atomic E-state index is 0.247. The molecule has 4 nitrogen and oxygen atoms in total. The van der Waals surface area contributed by atoms with Gasteiger partial charge in [-0.05, 0) is 31.5 Å². The maximum absolute atomic E-state index is 5.42. The Morgan fingerprint density at radius 1 is 1.35 bits per heavy atom. The molecule has 1 aromatic heterocycles. The summed E-state index contributed by atoms with van der Waals surface area (Å²) in [5.41, 5.74) is 2.42. The molecule has 0 spiro atoms. The minimum absolute atomic E-state index is 0.247. The first kappa shape index (κ1) is 14.6. The van der Waals surface area contributed by atoms with Crippen molar-refractivity contribution in [1.29, 1.82) is 0 Å². The van der Waals surface area contributed by atoms with E-state index in [-0.39, 0.29) is 6.04 Å². The van der Waals surface area contributed by atoms with Gasteiger partial charge in [0.25, 0.3) is 0 Å². The number of aromatic nitrogens is 2. The van der Waals surface area contributed by atoms with E-state index in [4.69, 9.17) is 4.74 Å². The molecule has 0 amide bonds. The fourth-order valence-corrected chi connectivity index (χ4v) is 2.39. The Hall–Kier alpha value is -1.81. The normalized spacial score (nSPS) is 12.3. The van der Waals surface area contributed by atoms with Gasteiger partial charge in [-0.25, -0.2) is 0 Å². The van der Waals surface area contributed by atoms with E-state index in [1.165, 1.54) is 11.1 Å². The Morgan fingerprint density at radius 2 is 2.15 bits per heavy atom. The van der Waals surface area contributed by atoms with Crippen molar-refractivity contribution in [2.75, 3.05) is 14.2 Å². The molecule has 4 heteroatoms. The van der Waals surface area contributed by atoms with Gasteiger partial charge < -0.3 is 10.1 Å². The van der Waals surface area contributed by atoms with Crippen LogP contribution in [0.25, 0.3) is 0 Å². The first-order valence-corrected chi connectivity index (χ1v) is 7.10. The average molecular weight is 273 g/mol. The van der Waals surface area contributed by atoms with Gasteiger partial charge >= 0.3 is 0 Å². The van der Waals surface area contributed by atoms with Crippen LogP contribution in [0.1, 0.15) is 30.5 Å². The van der Waals surface area contributed by atoms with Gasteiger partial charge in [0.2, 0.25) is 0 Å². The number of para-hydroxylation sites is 1. The van der Waals surface area contributed by atoms with Crippen LogP contribution in [0.2, 0.25) is 0 Å². The molecule has 1 aromatic carbocycles. The van der Waals surface area contributed by atoms with Gasteiger partial charge in [0.1, 0.15) is 5.75 Å². The molecule has 0 aliphatic rings. The monoisotopic (exact) mass is 273 g/mol. The van der Waals surface area contributed by atoms with Crippen LogP contribution in [-0.4, -0.2) is 23.9 Å². The molecule has 0 radical (unpaired) electrons. The summed E-state index contributed by atoms with van der Waals surface area (Å²) >= 11 is 0. The van der Waals surface area contributed by atoms with Crippen LogP contribution in [-0.2, 0) is 13.0 Å². The lowest BCUT2D eigenvalue weighted by Crippen LogP contribution is -2.18. The van der Waals surface area contributed by atoms with Gasteiger partial charge in [0, 0.05) is 24.3 Å². The average Bonchev–Trinajstić information content (AvgIpc) is 2.94. The second kappa shape index (κ2) is 7.10. The molecule has 0 bridgehead atoms. The largest absolute Gasteiger partial charge is 0.496 e. The summed E-state index contributed by atoms with van der Waals surface area (Å²) in [5.74, 6) is 0.939. The highest BCUT2D eigenvalue weighted by Crippen LogP contribution is 2.24. The van der Waals surface area contributed by atoms with Crippen molar-refractivity contribution in [3.63, 3.8) is 0 Å². The van der Waals surface area contributed by atoms with Crippen LogP contribution in [0.4, 0.5) is 0 Å². The smallest absolute Gasteiger partial charge is 0.122 e. The fraction of sp³-hybridized carbons (Fsp3) is 0.438. The summed E-state index contributed by atoms with van der Waals surface area (Å²) in [5, 5.41) is 7.77. The lowest BCUT2D eigenvalue weighted by molar-refractivity contribution is 0.406. The van der Waals surface area contributed by atoms with Crippen LogP contribution in [0, 0.1) is 0 Å². The number of rotatable bonds is 7. The van der Waals surface area contributed by atoms with Gasteiger partial charge in [-0.3, -0.25) is 4.68 Å². The van der Waals surface area contributed by atoms with Gasteiger partial charge in [-0.15, -0.1) is 0 Å². The SMILES string of the molecule is CCCn1cc(C(Cc2ccccc2OC)NC)cn1. The Kier molecular flexibility index (Phi) is 5.18. The summed E-state index contributed by atoms with van der Waals surface area (Å²) in [4.78, 5) is 0. The zero-order valence-corrected chi connectivity index (χ0v) is 12.5. The molecule has 1 N–H and O–H groups in total. The molecular weight excluding hydrogens is 250 g/mol. The van der Waals surface area contributed by atoms with E-state index < -0.39 is 0 Å². The van der Waals surface area contributed by atoms with E-state index in [0.717, 1.165) is 25.1 Å². The number of nitrogens with one attached hydrogen (secondary N) is 1. The molecule has 1 heterocycles. The van der Waals surface area contributed by atoms with Crippen molar-refractivity contribution < 1.29 is 4.74 Å². The first-order valence-electron chi connectivity index (χ1n) is 7.10. The second-order valence-electron chi connectivity index (χ2n) is 4.89. The fourth-order valence-electron chi connectivity index (χ4n) is 2.39. The summed E-state index contributed by atoms with van der Waals surface area (Å²) in [7, 11) is 3.70. The van der Waals surface area contributed by atoms with E-state index in [1.807, 2.05) is 36.1 Å². The molecule has 20 heavy (non-hydrogen) atoms. The minimum Gasteiger partial charge on any atom is -0.496 e. The standard InChI is InChI=1S/C16H23N3O/c1-4-9-19-12-14(11-18-19)15(17-2)10-13-7-5-6-8-16(13)20-3/h5-8,11-12,15,17H,4,9-10H2,1-3H3. The maximum atomic E-state index is 5.42. The molecule has 0 aliphatic carbocycles. The molecule has 0 fully saturated rings. The molecule has 0 saturated heterocycles. The lowest BCUT2D eigenvalue weighted by Gasteiger charge is -2.16. The van der Waals surface area contributed by atoms with E-state index in [0.29, 0.717) is 0 Å². The summed E-state index contributed by atoms with van der Waals surface area (Å²) in [6.07, 6.45) is 6.06. The zero-order valence-electron chi connectivity index (χ0n) is 12.5. The third-order valence-corrected chi connectivity index (χ3v) is 3.47. The summed E-state index contributed by atoms with van der Waals surface area (Å²) < 4.78 is 7.42. The lowest BCUT2D eigenvalue weighted by atomic mass is 10.0. The molecule has 108 valence electrons. The van der Waals surface area contributed by atoms with Crippen molar-refractivity contribution in [3.8, 4) is 5.75 Å². The Bertz CT molecular complexity index is 536. The highest BCUT2D eigenvalue weighted by atomic mass is 16.5. The topological polar surface area (TPSA) is 39.1 Å². The van der Waals surface area contributed by atoms with Crippen molar-refractivity contribution >= 4 is 0 Å². The molecule has 1 unspecified atom stereocenters. The number of hydrogen-bond donors (Lipinski definition) is 1. The molecule has 2 rings (SSSR count). The molecule has 2 aromatic rings. The van der Waals surface area contributed by atoms with Crippen LogP contribution in [0.3, 0.4) is 0 Å². The third-order valence-electron chi connectivity index (χ3n) is 3.47. The van der Waals surface area contributed by atoms with Gasteiger partial charge in [-0.2, -0.15) is 5.10 Å². The highest BCUT2D eigenvalue weighted by molar-refractivity contribution is 5.34. The van der Waals surface area contributed by atoms with Crippen LogP contribution in [0.5, 0.6) is 5.75 Å². The van der Waals surface area contributed by atoms with Crippen LogP contribution < -0.4 is 10.1 Å². The Morgan fingerprint density at radius 3 is 2.85 bits per heavy atom. The quantitative estimate of drug-likeness (QED) is 0.843. The number of methoxy groups -OCH3 is 1. The van der Waals surface area contributed by atoms with Crippen LogP contribution >= 0.6 is 0 Å². The summed E-state index contributed by atoms with van der Waals surface area (Å²) in [6, 6.07) is 8.40. The molecule has 1 atom stereocenters. The molecule has 0 saturated carbocycles. The number of likely N-dealkylation sites (N-methyl/N-ethyl adjacent to an activating group) is 1. The number of hydrogen-bond acceptors (Lipinski definition) is 3. The zero-order chi connectivity index (χ0) is 14.4. The van der Waals surface area contributed by atoms with Crippen LogP contribution in [0.15, 0.2) is 36.7 Å². The van der Waals surface area contributed by atoms with Crippen molar-refractivity contribution in [3.05, 3.63) is 47.8 Å². The maximum Gasteiger partial charge on any atom is 0.122 e. The predicted octanol–water partition coefficient (Wildman–Crippen LogP) is 2.80. The third kappa shape index (κ3) is 3.39. The van der Waals surface area contributed by atoms with E-state index in [2.05, 4.69) is 29.6 Å². The summed E-state index contributed by atoms with van der Waals surface area (Å²) in [6.45, 7) is 3.12. The van der Waals surface area contributed by atoms with Crippen molar-refractivity contribution in [1.82, 2.24) is 15.1 Å². The van der Waals surface area contributed by atoms with Gasteiger partial charge in [-0.1, -0.05) is 25.1 Å². The molecule has 0 aliphatic heterocycles. The second-order valence-corrected chi connectivity index (χ2v) is 4.89. The van der Waals surface area contributed by atoms with Gasteiger partial charge in [0.15, 0.2) is 0 Å². The number of aryl methyl sites for hydroxylation is 1. The first-order chi connectivity index (χ1) is 9.78. The number of benzene rings is 1. The molecular formula is C16H23N3O. The van der Waals surface area contributed by atoms with E-state index >= 15 is 0 Å². The van der Waals surface area contributed by atoms with E-state index in [9.17, 15) is 0 Å². The van der Waals surface area contributed by atoms with Gasteiger partial charge in [0.05, 0.1) is 13.3 Å². The number of nitrogens with zero attached hydrogens (tertiary/aromatic N) is 2. The number of ether oxygens (including phenoxy) is 1. The van der Waals surface area contributed by atoms with E-state index in [1.54, 1.807) is 7.11 Å². The van der Waals surface area contributed by atoms with Crippen molar-refractivity contribution in [2.45, 2.75) is 32.4 Å². The Labute approximate surface area is 120 Å². The highest BCUT2D eigenvalue weighted by Gasteiger charge is 2.14.